The summed E-state index contributed by atoms with van der Waals surface area (Å²) in [5.41, 5.74) is 1.29. The van der Waals surface area contributed by atoms with Crippen molar-refractivity contribution in [3.63, 3.8) is 0 Å². The average molecular weight is 489 g/mol. The highest BCUT2D eigenvalue weighted by atomic mass is 79.9. The van der Waals surface area contributed by atoms with Gasteiger partial charge in [-0.2, -0.15) is 0 Å². The summed E-state index contributed by atoms with van der Waals surface area (Å²) in [6, 6.07) is 8.82. The van der Waals surface area contributed by atoms with Gasteiger partial charge >= 0.3 is 11.9 Å². The van der Waals surface area contributed by atoms with Crippen molar-refractivity contribution < 1.29 is 28.2 Å². The summed E-state index contributed by atoms with van der Waals surface area (Å²) in [7, 11) is 0. The predicted octanol–water partition coefficient (Wildman–Crippen LogP) is 3.96. The number of furan rings is 1. The summed E-state index contributed by atoms with van der Waals surface area (Å²) in [5, 5.41) is 0.672. The number of carbonyl (C=O) groups excluding carboxylic acids is 2. The SMILES string of the molecule is CCOC(=O)c1oc2ccc(Br)cc2c1COC(=O)c1ccc(N2CCOCC2)nc1. The number of anilines is 1. The molecule has 1 fully saturated rings. The van der Waals surface area contributed by atoms with Gasteiger partial charge in [-0.3, -0.25) is 0 Å². The molecule has 162 valence electrons. The topological polar surface area (TPSA) is 91.1 Å². The van der Waals surface area contributed by atoms with E-state index < -0.39 is 11.9 Å². The Hall–Kier alpha value is -2.91. The minimum Gasteiger partial charge on any atom is -0.460 e. The molecular formula is C22H21BrN2O6. The van der Waals surface area contributed by atoms with Crippen LogP contribution in [0.1, 0.15) is 33.4 Å². The molecule has 0 spiro atoms. The van der Waals surface area contributed by atoms with Crippen LogP contribution in [-0.4, -0.2) is 49.8 Å². The van der Waals surface area contributed by atoms with Crippen LogP contribution in [0.2, 0.25) is 0 Å². The Morgan fingerprint density at radius 3 is 2.65 bits per heavy atom. The Kier molecular flexibility index (Phi) is 6.53. The first-order valence-electron chi connectivity index (χ1n) is 9.90. The molecule has 0 saturated carbocycles. The number of pyridine rings is 1. The number of hydrogen-bond acceptors (Lipinski definition) is 8. The van der Waals surface area contributed by atoms with E-state index >= 15 is 0 Å². The van der Waals surface area contributed by atoms with E-state index in [9.17, 15) is 9.59 Å². The van der Waals surface area contributed by atoms with Gasteiger partial charge in [0.25, 0.3) is 0 Å². The van der Waals surface area contributed by atoms with E-state index in [2.05, 4.69) is 25.8 Å². The number of rotatable bonds is 6. The number of aromatic nitrogens is 1. The maximum absolute atomic E-state index is 12.6. The molecule has 9 heteroatoms. The highest BCUT2D eigenvalue weighted by Crippen LogP contribution is 2.30. The van der Waals surface area contributed by atoms with Crippen molar-refractivity contribution in [3.8, 4) is 0 Å². The molecule has 2 aromatic heterocycles. The first-order chi connectivity index (χ1) is 15.1. The summed E-state index contributed by atoms with van der Waals surface area (Å²) in [5.74, 6) is -0.323. The molecule has 4 rings (SSSR count). The van der Waals surface area contributed by atoms with Gasteiger partial charge in [0.05, 0.1) is 30.9 Å². The number of benzene rings is 1. The maximum atomic E-state index is 12.6. The second kappa shape index (κ2) is 9.49. The summed E-state index contributed by atoms with van der Waals surface area (Å²) in [6.07, 6.45) is 1.49. The molecule has 0 N–H and O–H groups in total. The first-order valence-corrected chi connectivity index (χ1v) is 10.7. The molecule has 0 atom stereocenters. The van der Waals surface area contributed by atoms with Crippen LogP contribution < -0.4 is 4.90 Å². The zero-order valence-electron chi connectivity index (χ0n) is 16.9. The van der Waals surface area contributed by atoms with Crippen LogP contribution in [0.5, 0.6) is 0 Å². The quantitative estimate of drug-likeness (QED) is 0.481. The summed E-state index contributed by atoms with van der Waals surface area (Å²) >= 11 is 3.41. The highest BCUT2D eigenvalue weighted by molar-refractivity contribution is 9.10. The second-order valence-corrected chi connectivity index (χ2v) is 7.77. The summed E-state index contributed by atoms with van der Waals surface area (Å²) in [6.45, 7) is 4.62. The number of fused-ring (bicyclic) bond motifs is 1. The van der Waals surface area contributed by atoms with E-state index in [0.717, 1.165) is 23.4 Å². The third-order valence-electron chi connectivity index (χ3n) is 4.88. The number of hydrogen-bond donors (Lipinski definition) is 0. The lowest BCUT2D eigenvalue weighted by molar-refractivity contribution is 0.0435. The van der Waals surface area contributed by atoms with Crippen molar-refractivity contribution in [2.24, 2.45) is 0 Å². The minimum atomic E-state index is -0.600. The van der Waals surface area contributed by atoms with E-state index in [4.69, 9.17) is 18.6 Å². The fourth-order valence-electron chi connectivity index (χ4n) is 3.33. The van der Waals surface area contributed by atoms with Gasteiger partial charge < -0.3 is 23.5 Å². The van der Waals surface area contributed by atoms with E-state index in [1.165, 1.54) is 6.20 Å². The molecule has 1 aromatic carbocycles. The van der Waals surface area contributed by atoms with E-state index in [1.807, 2.05) is 6.07 Å². The molecule has 3 aromatic rings. The van der Waals surface area contributed by atoms with E-state index in [-0.39, 0.29) is 19.0 Å². The van der Waals surface area contributed by atoms with Gasteiger partial charge in [0.15, 0.2) is 0 Å². The standard InChI is InChI=1S/C22H21BrN2O6/c1-2-29-22(27)20-17(16-11-15(23)4-5-18(16)31-20)13-30-21(26)14-3-6-19(24-12-14)25-7-9-28-10-8-25/h3-6,11-12H,2,7-10,13H2,1H3. The van der Waals surface area contributed by atoms with Crippen molar-refractivity contribution in [1.82, 2.24) is 4.98 Å². The number of morpholine rings is 1. The minimum absolute atomic E-state index is 0.0311. The smallest absolute Gasteiger partial charge is 0.374 e. The molecule has 0 bridgehead atoms. The Balaban J connectivity index is 1.51. The third kappa shape index (κ3) is 4.72. The normalized spacial score (nSPS) is 13.9. The number of nitrogens with zero attached hydrogens (tertiary/aromatic N) is 2. The lowest BCUT2D eigenvalue weighted by Crippen LogP contribution is -2.36. The van der Waals surface area contributed by atoms with Gasteiger partial charge in [0, 0.05) is 29.1 Å². The number of carbonyl (C=O) groups is 2. The summed E-state index contributed by atoms with van der Waals surface area (Å²) in [4.78, 5) is 31.4. The lowest BCUT2D eigenvalue weighted by atomic mass is 10.1. The fourth-order valence-corrected chi connectivity index (χ4v) is 3.69. The van der Waals surface area contributed by atoms with Crippen LogP contribution in [0, 0.1) is 0 Å². The van der Waals surface area contributed by atoms with Crippen molar-refractivity contribution in [2.45, 2.75) is 13.5 Å². The molecule has 0 unspecified atom stereocenters. The monoisotopic (exact) mass is 488 g/mol. The van der Waals surface area contributed by atoms with Gasteiger partial charge in [0.1, 0.15) is 18.0 Å². The average Bonchev–Trinajstić information content (AvgIpc) is 3.16. The molecule has 0 aliphatic carbocycles. The van der Waals surface area contributed by atoms with Gasteiger partial charge in [0.2, 0.25) is 5.76 Å². The molecule has 0 radical (unpaired) electrons. The molecule has 1 saturated heterocycles. The van der Waals surface area contributed by atoms with Crippen LogP contribution in [0.25, 0.3) is 11.0 Å². The molecule has 8 nitrogen and oxygen atoms in total. The fraction of sp³-hybridized carbons (Fsp3) is 0.318. The Morgan fingerprint density at radius 2 is 1.94 bits per heavy atom. The third-order valence-corrected chi connectivity index (χ3v) is 5.37. The molecule has 31 heavy (non-hydrogen) atoms. The zero-order valence-corrected chi connectivity index (χ0v) is 18.5. The molecule has 3 heterocycles. The highest BCUT2D eigenvalue weighted by Gasteiger charge is 2.23. The van der Waals surface area contributed by atoms with Gasteiger partial charge in [-0.1, -0.05) is 15.9 Å². The number of esters is 2. The van der Waals surface area contributed by atoms with Crippen molar-refractivity contribution >= 4 is 44.7 Å². The van der Waals surface area contributed by atoms with Gasteiger partial charge in [-0.25, -0.2) is 14.6 Å². The van der Waals surface area contributed by atoms with Crippen LogP contribution in [0.15, 0.2) is 45.4 Å². The first kappa shape index (κ1) is 21.3. The van der Waals surface area contributed by atoms with Crippen LogP contribution >= 0.6 is 15.9 Å². The number of halogens is 1. The number of ether oxygens (including phenoxy) is 3. The van der Waals surface area contributed by atoms with Crippen LogP contribution in [0.4, 0.5) is 5.82 Å². The largest absolute Gasteiger partial charge is 0.460 e. The Labute approximate surface area is 187 Å². The molecule has 1 aliphatic heterocycles. The van der Waals surface area contributed by atoms with Crippen LogP contribution in [0.3, 0.4) is 0 Å². The van der Waals surface area contributed by atoms with E-state index in [0.29, 0.717) is 35.3 Å². The van der Waals surface area contributed by atoms with Crippen molar-refractivity contribution in [2.75, 3.05) is 37.8 Å². The molecule has 0 amide bonds. The van der Waals surface area contributed by atoms with Crippen molar-refractivity contribution in [1.29, 1.82) is 0 Å². The lowest BCUT2D eigenvalue weighted by Gasteiger charge is -2.27. The van der Waals surface area contributed by atoms with Crippen LogP contribution in [-0.2, 0) is 20.8 Å². The van der Waals surface area contributed by atoms with E-state index in [1.54, 1.807) is 31.2 Å². The van der Waals surface area contributed by atoms with Gasteiger partial charge in [-0.05, 0) is 37.3 Å². The van der Waals surface area contributed by atoms with Crippen molar-refractivity contribution in [3.05, 3.63) is 57.9 Å². The zero-order chi connectivity index (χ0) is 21.8. The molecule has 1 aliphatic rings. The predicted molar refractivity (Wildman–Crippen MR) is 116 cm³/mol. The second-order valence-electron chi connectivity index (χ2n) is 6.85. The Bertz CT molecular complexity index is 1090. The van der Waals surface area contributed by atoms with Gasteiger partial charge in [-0.15, -0.1) is 0 Å². The summed E-state index contributed by atoms with van der Waals surface area (Å²) < 4.78 is 22.4. The maximum Gasteiger partial charge on any atom is 0.374 e. The molecular weight excluding hydrogens is 468 g/mol. The Morgan fingerprint density at radius 1 is 1.13 bits per heavy atom.